The quantitative estimate of drug-likeness (QED) is 0.758. The Bertz CT molecular complexity index is 336. The highest BCUT2D eigenvalue weighted by Gasteiger charge is 2.43. The van der Waals surface area contributed by atoms with Gasteiger partial charge in [-0.25, -0.2) is 0 Å². The molecule has 106 valence electrons. The van der Waals surface area contributed by atoms with Gasteiger partial charge < -0.3 is 5.41 Å². The highest BCUT2D eigenvalue weighted by Crippen LogP contribution is 2.45. The van der Waals surface area contributed by atoms with Crippen LogP contribution >= 0.6 is 0 Å². The lowest BCUT2D eigenvalue weighted by Crippen LogP contribution is -2.58. The molecule has 4 aliphatic rings. The van der Waals surface area contributed by atoms with Gasteiger partial charge >= 0.3 is 0 Å². The summed E-state index contributed by atoms with van der Waals surface area (Å²) in [4.78, 5) is 2.92. The molecule has 0 aromatic rings. The molecule has 2 heteroatoms. The Balaban J connectivity index is 1.53. The van der Waals surface area contributed by atoms with Gasteiger partial charge in [-0.3, -0.25) is 4.90 Å². The van der Waals surface area contributed by atoms with Gasteiger partial charge in [0.1, 0.15) is 0 Å². The van der Waals surface area contributed by atoms with Crippen LogP contribution in [0.4, 0.5) is 0 Å². The van der Waals surface area contributed by atoms with Crippen LogP contribution in [0.2, 0.25) is 0 Å². The molecule has 0 aromatic heterocycles. The predicted molar refractivity (Wildman–Crippen MR) is 78.7 cm³/mol. The first kappa shape index (κ1) is 12.4. The van der Waals surface area contributed by atoms with Crippen LogP contribution in [0.5, 0.6) is 0 Å². The van der Waals surface area contributed by atoms with E-state index in [1.165, 1.54) is 57.8 Å². The molecule has 0 spiro atoms. The monoisotopic (exact) mass is 260 g/mol. The molecule has 2 aliphatic heterocycles. The number of nitrogens with zero attached hydrogens (tertiary/aromatic N) is 1. The van der Waals surface area contributed by atoms with Gasteiger partial charge in [0.15, 0.2) is 0 Å². The Morgan fingerprint density at radius 2 is 1.32 bits per heavy atom. The van der Waals surface area contributed by atoms with Crippen molar-refractivity contribution in [2.24, 2.45) is 11.8 Å². The van der Waals surface area contributed by atoms with E-state index < -0.39 is 0 Å². The van der Waals surface area contributed by atoms with E-state index >= 15 is 0 Å². The lowest BCUT2D eigenvalue weighted by molar-refractivity contribution is -0.0144. The standard InChI is InChI=1S/C17H28N2/c18-14-10-15-5-2-6-16(11-14)19(15)17-8-12-3-1-4-13(7-12)9-17/h12-13,15-18H,1-11H2/t12-,13+,15-,16+,17?. The van der Waals surface area contributed by atoms with Crippen molar-refractivity contribution in [1.29, 1.82) is 5.41 Å². The zero-order valence-corrected chi connectivity index (χ0v) is 12.1. The second kappa shape index (κ2) is 4.87. The first-order valence-electron chi connectivity index (χ1n) is 8.63. The molecular weight excluding hydrogens is 232 g/mol. The van der Waals surface area contributed by atoms with Crippen molar-refractivity contribution in [3.63, 3.8) is 0 Å². The van der Waals surface area contributed by atoms with E-state index in [0.717, 1.165) is 48.5 Å². The summed E-state index contributed by atoms with van der Waals surface area (Å²) in [5, 5.41) is 8.09. The first-order chi connectivity index (χ1) is 9.29. The summed E-state index contributed by atoms with van der Waals surface area (Å²) in [6, 6.07) is 2.36. The highest BCUT2D eigenvalue weighted by molar-refractivity contribution is 5.83. The lowest BCUT2D eigenvalue weighted by atomic mass is 9.68. The summed E-state index contributed by atoms with van der Waals surface area (Å²) in [5.41, 5.74) is 1.04. The van der Waals surface area contributed by atoms with Crippen molar-refractivity contribution >= 4 is 5.71 Å². The van der Waals surface area contributed by atoms with E-state index in [0.29, 0.717) is 0 Å². The molecule has 0 amide bonds. The fourth-order valence-electron chi connectivity index (χ4n) is 5.79. The van der Waals surface area contributed by atoms with Gasteiger partial charge in [0.05, 0.1) is 0 Å². The second-order valence-electron chi connectivity index (χ2n) is 7.72. The van der Waals surface area contributed by atoms with Crippen molar-refractivity contribution in [3.05, 3.63) is 0 Å². The molecule has 4 fully saturated rings. The third kappa shape index (κ3) is 2.26. The molecule has 2 saturated heterocycles. The summed E-state index contributed by atoms with van der Waals surface area (Å²) >= 11 is 0. The Kier molecular flexibility index (Phi) is 3.17. The van der Waals surface area contributed by atoms with Gasteiger partial charge in [-0.2, -0.15) is 0 Å². The molecular formula is C17H28N2. The predicted octanol–water partition coefficient (Wildman–Crippen LogP) is 3.99. The molecule has 0 aromatic carbocycles. The van der Waals surface area contributed by atoms with Gasteiger partial charge in [0, 0.05) is 36.7 Å². The van der Waals surface area contributed by atoms with Crippen molar-refractivity contribution in [2.75, 3.05) is 0 Å². The Morgan fingerprint density at radius 3 is 1.95 bits per heavy atom. The van der Waals surface area contributed by atoms with Crippen LogP contribution in [0.1, 0.15) is 70.6 Å². The fraction of sp³-hybridized carbons (Fsp3) is 0.941. The highest BCUT2D eigenvalue weighted by atomic mass is 15.2. The molecule has 2 heterocycles. The van der Waals surface area contributed by atoms with Crippen molar-refractivity contribution in [1.82, 2.24) is 4.90 Å². The maximum atomic E-state index is 8.09. The SMILES string of the molecule is N=C1C[C@H]2CCC[C@@H](C1)N2C1C[C@H]2CCC[C@@H](C1)C2. The maximum Gasteiger partial charge on any atom is 0.0153 e. The Labute approximate surface area is 117 Å². The largest absolute Gasteiger partial charge is 0.310 e. The van der Waals surface area contributed by atoms with Gasteiger partial charge in [-0.05, 0) is 43.9 Å². The van der Waals surface area contributed by atoms with Crippen LogP contribution < -0.4 is 0 Å². The summed E-state index contributed by atoms with van der Waals surface area (Å²) < 4.78 is 0. The zero-order chi connectivity index (χ0) is 12.8. The topological polar surface area (TPSA) is 27.1 Å². The van der Waals surface area contributed by atoms with Gasteiger partial charge in [-0.1, -0.05) is 25.7 Å². The molecule has 1 unspecified atom stereocenters. The normalized spacial score (nSPS) is 47.2. The number of nitrogens with one attached hydrogen (secondary N) is 1. The molecule has 2 saturated carbocycles. The van der Waals surface area contributed by atoms with Crippen LogP contribution in [0.3, 0.4) is 0 Å². The van der Waals surface area contributed by atoms with E-state index in [9.17, 15) is 0 Å². The molecule has 1 N–H and O–H groups in total. The first-order valence-corrected chi connectivity index (χ1v) is 8.63. The van der Waals surface area contributed by atoms with E-state index in [2.05, 4.69) is 4.90 Å². The molecule has 4 rings (SSSR count). The number of piperidine rings is 2. The summed E-state index contributed by atoms with van der Waals surface area (Å²) in [7, 11) is 0. The van der Waals surface area contributed by atoms with Crippen LogP contribution in [0.25, 0.3) is 0 Å². The minimum atomic E-state index is 0.740. The van der Waals surface area contributed by atoms with Crippen LogP contribution in [0.15, 0.2) is 0 Å². The van der Waals surface area contributed by atoms with Gasteiger partial charge in [-0.15, -0.1) is 0 Å². The van der Waals surface area contributed by atoms with Gasteiger partial charge in [0.2, 0.25) is 0 Å². The van der Waals surface area contributed by atoms with E-state index in [-0.39, 0.29) is 0 Å². The molecule has 19 heavy (non-hydrogen) atoms. The minimum Gasteiger partial charge on any atom is -0.310 e. The van der Waals surface area contributed by atoms with Crippen LogP contribution in [0, 0.1) is 17.2 Å². The third-order valence-corrected chi connectivity index (χ3v) is 6.41. The summed E-state index contributed by atoms with van der Waals surface area (Å²) in [6.45, 7) is 0. The average Bonchev–Trinajstić information content (AvgIpc) is 2.37. The van der Waals surface area contributed by atoms with E-state index in [4.69, 9.17) is 5.41 Å². The fourth-order valence-corrected chi connectivity index (χ4v) is 5.79. The van der Waals surface area contributed by atoms with E-state index in [1.54, 1.807) is 0 Å². The zero-order valence-electron chi connectivity index (χ0n) is 12.1. The van der Waals surface area contributed by atoms with Crippen molar-refractivity contribution in [2.45, 2.75) is 88.8 Å². The van der Waals surface area contributed by atoms with Gasteiger partial charge in [0.25, 0.3) is 0 Å². The number of hydrogen-bond acceptors (Lipinski definition) is 2. The number of hydrogen-bond donors (Lipinski definition) is 1. The second-order valence-corrected chi connectivity index (χ2v) is 7.72. The average molecular weight is 260 g/mol. The molecule has 5 atom stereocenters. The van der Waals surface area contributed by atoms with E-state index in [1.807, 2.05) is 0 Å². The maximum absolute atomic E-state index is 8.09. The lowest BCUT2D eigenvalue weighted by Gasteiger charge is -2.53. The summed E-state index contributed by atoms with van der Waals surface area (Å²) in [6.07, 6.45) is 15.3. The van der Waals surface area contributed by atoms with Crippen LogP contribution in [-0.2, 0) is 0 Å². The Morgan fingerprint density at radius 1 is 0.737 bits per heavy atom. The molecule has 2 nitrogen and oxygen atoms in total. The minimum absolute atomic E-state index is 0.740. The Hall–Kier alpha value is -0.370. The third-order valence-electron chi connectivity index (χ3n) is 6.41. The molecule has 2 aliphatic carbocycles. The number of rotatable bonds is 1. The summed E-state index contributed by atoms with van der Waals surface area (Å²) in [5.74, 6) is 2.08. The molecule has 4 bridgehead atoms. The van der Waals surface area contributed by atoms with Crippen molar-refractivity contribution < 1.29 is 0 Å². The number of fused-ring (bicyclic) bond motifs is 4. The molecule has 0 radical (unpaired) electrons. The van der Waals surface area contributed by atoms with Crippen LogP contribution in [-0.4, -0.2) is 28.7 Å². The smallest absolute Gasteiger partial charge is 0.0153 e. The van der Waals surface area contributed by atoms with Crippen molar-refractivity contribution in [3.8, 4) is 0 Å².